The van der Waals surface area contributed by atoms with Crippen LogP contribution in [0.4, 0.5) is 5.00 Å². The van der Waals surface area contributed by atoms with E-state index in [0.29, 0.717) is 34.7 Å². The maximum atomic E-state index is 12.9. The molecule has 8 heteroatoms. The molecule has 2 heterocycles. The van der Waals surface area contributed by atoms with Crippen molar-refractivity contribution in [2.75, 3.05) is 25.6 Å². The minimum Gasteiger partial charge on any atom is -0.451 e. The van der Waals surface area contributed by atoms with Gasteiger partial charge in [0.15, 0.2) is 11.2 Å². The molecule has 0 atom stereocenters. The standard InChI is InChI=1S/C23H24N2O5S/c1-13-7-8-17-15(11-13)16(26)12-18(30-17)21(27)25-23-20(22(28)24-9-10-29-2)14-5-3-4-6-19(14)31-23/h7-8,11-12H,3-6,9-10H2,1-2H3,(H,24,28)(H,25,27). The number of thiophene rings is 1. The maximum Gasteiger partial charge on any atom is 0.292 e. The molecule has 1 aromatic carbocycles. The molecule has 0 unspecified atom stereocenters. The number of ether oxygens (including phenoxy) is 1. The van der Waals surface area contributed by atoms with E-state index in [4.69, 9.17) is 9.15 Å². The third-order valence-electron chi connectivity index (χ3n) is 5.32. The van der Waals surface area contributed by atoms with Crippen molar-refractivity contribution in [1.82, 2.24) is 5.32 Å². The Bertz CT molecular complexity index is 1210. The molecule has 4 rings (SSSR count). The lowest BCUT2D eigenvalue weighted by Crippen LogP contribution is -2.28. The molecule has 0 saturated carbocycles. The van der Waals surface area contributed by atoms with Gasteiger partial charge in [-0.2, -0.15) is 0 Å². The average molecular weight is 441 g/mol. The first-order chi connectivity index (χ1) is 15.0. The summed E-state index contributed by atoms with van der Waals surface area (Å²) in [5.41, 5.74) is 2.51. The molecule has 7 nitrogen and oxygen atoms in total. The first kappa shape index (κ1) is 21.3. The first-order valence-corrected chi connectivity index (χ1v) is 11.1. The minimum atomic E-state index is -0.552. The van der Waals surface area contributed by atoms with Gasteiger partial charge in [-0.15, -0.1) is 11.3 Å². The summed E-state index contributed by atoms with van der Waals surface area (Å²) in [5, 5.41) is 6.58. The second kappa shape index (κ2) is 9.03. The van der Waals surface area contributed by atoms with Gasteiger partial charge in [0, 0.05) is 24.6 Å². The van der Waals surface area contributed by atoms with Crippen LogP contribution in [-0.4, -0.2) is 32.1 Å². The zero-order chi connectivity index (χ0) is 22.0. The minimum absolute atomic E-state index is 0.0848. The van der Waals surface area contributed by atoms with Gasteiger partial charge in [0.1, 0.15) is 10.6 Å². The zero-order valence-electron chi connectivity index (χ0n) is 17.5. The predicted octanol–water partition coefficient (Wildman–Crippen LogP) is 3.67. The van der Waals surface area contributed by atoms with Crippen molar-refractivity contribution < 1.29 is 18.7 Å². The van der Waals surface area contributed by atoms with E-state index < -0.39 is 5.91 Å². The van der Waals surface area contributed by atoms with Crippen LogP contribution in [0, 0.1) is 6.92 Å². The van der Waals surface area contributed by atoms with Crippen molar-refractivity contribution in [3.05, 3.63) is 61.8 Å². The Morgan fingerprint density at radius 1 is 1.16 bits per heavy atom. The Morgan fingerprint density at radius 2 is 1.97 bits per heavy atom. The second-order valence-electron chi connectivity index (χ2n) is 7.59. The third-order valence-corrected chi connectivity index (χ3v) is 6.53. The van der Waals surface area contributed by atoms with Gasteiger partial charge < -0.3 is 19.8 Å². The van der Waals surface area contributed by atoms with Crippen LogP contribution in [-0.2, 0) is 17.6 Å². The van der Waals surface area contributed by atoms with Crippen molar-refractivity contribution in [1.29, 1.82) is 0 Å². The lowest BCUT2D eigenvalue weighted by Gasteiger charge is -2.13. The highest BCUT2D eigenvalue weighted by atomic mass is 32.1. The maximum absolute atomic E-state index is 12.9. The predicted molar refractivity (Wildman–Crippen MR) is 120 cm³/mol. The molecule has 1 aliphatic rings. The molecule has 0 fully saturated rings. The summed E-state index contributed by atoms with van der Waals surface area (Å²) in [5.74, 6) is -0.871. The van der Waals surface area contributed by atoms with Gasteiger partial charge in [-0.3, -0.25) is 14.4 Å². The number of fused-ring (bicyclic) bond motifs is 2. The SMILES string of the molecule is COCCNC(=O)c1c(NC(=O)c2cc(=O)c3cc(C)ccc3o2)sc2c1CCCC2. The average Bonchev–Trinajstić information content (AvgIpc) is 3.12. The molecule has 0 saturated heterocycles. The Hall–Kier alpha value is -2.97. The van der Waals surface area contributed by atoms with Crippen molar-refractivity contribution in [3.63, 3.8) is 0 Å². The number of nitrogens with one attached hydrogen (secondary N) is 2. The summed E-state index contributed by atoms with van der Waals surface area (Å²) >= 11 is 1.42. The normalized spacial score (nSPS) is 13.1. The Labute approximate surface area is 183 Å². The van der Waals surface area contributed by atoms with Gasteiger partial charge in [0.25, 0.3) is 11.8 Å². The summed E-state index contributed by atoms with van der Waals surface area (Å²) in [6, 6.07) is 6.44. The molecule has 2 amide bonds. The van der Waals surface area contributed by atoms with Crippen LogP contribution in [0.2, 0.25) is 0 Å². The van der Waals surface area contributed by atoms with Crippen LogP contribution < -0.4 is 16.1 Å². The first-order valence-electron chi connectivity index (χ1n) is 10.3. The van der Waals surface area contributed by atoms with E-state index in [2.05, 4.69) is 10.6 Å². The van der Waals surface area contributed by atoms with E-state index in [9.17, 15) is 14.4 Å². The number of aryl methyl sites for hydroxylation is 2. The fourth-order valence-electron chi connectivity index (χ4n) is 3.80. The van der Waals surface area contributed by atoms with E-state index in [1.165, 1.54) is 17.4 Å². The number of carbonyl (C=O) groups is 2. The van der Waals surface area contributed by atoms with Gasteiger partial charge in [-0.05, 0) is 50.3 Å². The van der Waals surface area contributed by atoms with Crippen LogP contribution in [0.1, 0.15) is 49.8 Å². The molecule has 2 N–H and O–H groups in total. The van der Waals surface area contributed by atoms with Crippen LogP contribution in [0.3, 0.4) is 0 Å². The third kappa shape index (κ3) is 4.40. The van der Waals surface area contributed by atoms with Crippen LogP contribution in [0.15, 0.2) is 33.5 Å². The van der Waals surface area contributed by atoms with E-state index in [1.807, 2.05) is 13.0 Å². The highest BCUT2D eigenvalue weighted by Gasteiger charge is 2.27. The fraction of sp³-hybridized carbons (Fsp3) is 0.348. The molecule has 3 aromatic rings. The molecular formula is C23H24N2O5S. The molecule has 0 aliphatic heterocycles. The Balaban J connectivity index is 1.66. The highest BCUT2D eigenvalue weighted by molar-refractivity contribution is 7.17. The smallest absolute Gasteiger partial charge is 0.292 e. The van der Waals surface area contributed by atoms with Gasteiger partial charge in [-0.25, -0.2) is 0 Å². The summed E-state index contributed by atoms with van der Waals surface area (Å²) < 4.78 is 10.7. The number of methoxy groups -OCH3 is 1. The number of rotatable bonds is 6. The summed E-state index contributed by atoms with van der Waals surface area (Å²) in [7, 11) is 1.57. The second-order valence-corrected chi connectivity index (χ2v) is 8.70. The van der Waals surface area contributed by atoms with Crippen LogP contribution in [0.5, 0.6) is 0 Å². The van der Waals surface area contributed by atoms with Crippen LogP contribution >= 0.6 is 11.3 Å². The van der Waals surface area contributed by atoms with Crippen molar-refractivity contribution >= 4 is 39.1 Å². The van der Waals surface area contributed by atoms with E-state index in [1.54, 1.807) is 19.2 Å². The molecule has 31 heavy (non-hydrogen) atoms. The largest absolute Gasteiger partial charge is 0.451 e. The molecule has 1 aliphatic carbocycles. The summed E-state index contributed by atoms with van der Waals surface area (Å²) in [6.45, 7) is 2.67. The fourth-order valence-corrected chi connectivity index (χ4v) is 5.08. The number of carbonyl (C=O) groups excluding carboxylic acids is 2. The molecule has 2 aromatic heterocycles. The number of amides is 2. The van der Waals surface area contributed by atoms with E-state index in [-0.39, 0.29) is 17.1 Å². The Kier molecular flexibility index (Phi) is 6.20. The summed E-state index contributed by atoms with van der Waals surface area (Å²) in [6.07, 6.45) is 3.76. The molecule has 0 radical (unpaired) electrons. The number of anilines is 1. The van der Waals surface area contributed by atoms with Gasteiger partial charge in [0.2, 0.25) is 0 Å². The van der Waals surface area contributed by atoms with Gasteiger partial charge in [-0.1, -0.05) is 11.6 Å². The lowest BCUT2D eigenvalue weighted by atomic mass is 9.95. The Morgan fingerprint density at radius 3 is 2.77 bits per heavy atom. The highest BCUT2D eigenvalue weighted by Crippen LogP contribution is 2.38. The monoisotopic (exact) mass is 440 g/mol. The zero-order valence-corrected chi connectivity index (χ0v) is 18.3. The molecule has 0 bridgehead atoms. The topological polar surface area (TPSA) is 97.6 Å². The molecular weight excluding hydrogens is 416 g/mol. The lowest BCUT2D eigenvalue weighted by molar-refractivity contribution is 0.0937. The van der Waals surface area contributed by atoms with Crippen molar-refractivity contribution in [2.45, 2.75) is 32.6 Å². The number of hydrogen-bond donors (Lipinski definition) is 2. The van der Waals surface area contributed by atoms with Gasteiger partial charge >= 0.3 is 0 Å². The van der Waals surface area contributed by atoms with Crippen molar-refractivity contribution in [2.24, 2.45) is 0 Å². The van der Waals surface area contributed by atoms with Gasteiger partial charge in [0.05, 0.1) is 17.6 Å². The number of benzene rings is 1. The quantitative estimate of drug-likeness (QED) is 0.570. The summed E-state index contributed by atoms with van der Waals surface area (Å²) in [4.78, 5) is 39.4. The molecule has 162 valence electrons. The van der Waals surface area contributed by atoms with E-state index >= 15 is 0 Å². The van der Waals surface area contributed by atoms with Crippen molar-refractivity contribution in [3.8, 4) is 0 Å². The number of hydrogen-bond acceptors (Lipinski definition) is 6. The van der Waals surface area contributed by atoms with Crippen LogP contribution in [0.25, 0.3) is 11.0 Å². The molecule has 0 spiro atoms. The van der Waals surface area contributed by atoms with E-state index in [0.717, 1.165) is 41.7 Å².